The van der Waals surface area contributed by atoms with Crippen molar-refractivity contribution in [1.29, 1.82) is 0 Å². The maximum absolute atomic E-state index is 11.9. The van der Waals surface area contributed by atoms with Gasteiger partial charge in [0.05, 0.1) is 13.2 Å². The number of ether oxygens (including phenoxy) is 1. The third kappa shape index (κ3) is 5.80. The number of hydrogen-bond donors (Lipinski definition) is 1. The lowest BCUT2D eigenvalue weighted by molar-refractivity contribution is -0.131. The molecule has 1 rings (SSSR count). The summed E-state index contributed by atoms with van der Waals surface area (Å²) in [5.74, 6) is 0.744. The van der Waals surface area contributed by atoms with Crippen LogP contribution >= 0.6 is 0 Å². The summed E-state index contributed by atoms with van der Waals surface area (Å²) in [6.45, 7) is 4.53. The summed E-state index contributed by atoms with van der Waals surface area (Å²) in [4.78, 5) is 15.8. The molecule has 1 atom stereocenters. The smallest absolute Gasteiger partial charge is 0.236 e. The van der Waals surface area contributed by atoms with Gasteiger partial charge in [0.1, 0.15) is 0 Å². The number of nitrogens with zero attached hydrogens (tertiary/aromatic N) is 2. The molecule has 0 aromatic heterocycles. The zero-order valence-corrected chi connectivity index (χ0v) is 11.7. The molecule has 1 aliphatic rings. The van der Waals surface area contributed by atoms with Crippen molar-refractivity contribution in [2.45, 2.75) is 19.3 Å². The van der Waals surface area contributed by atoms with E-state index in [1.165, 1.54) is 6.42 Å². The Morgan fingerprint density at radius 1 is 1.44 bits per heavy atom. The number of rotatable bonds is 7. The number of hydrogen-bond acceptors (Lipinski definition) is 4. The summed E-state index contributed by atoms with van der Waals surface area (Å²) in [5.41, 5.74) is 5.44. The van der Waals surface area contributed by atoms with Crippen LogP contribution in [-0.2, 0) is 9.53 Å². The first-order valence-electron chi connectivity index (χ1n) is 6.83. The summed E-state index contributed by atoms with van der Waals surface area (Å²) in [7, 11) is 3.85. The van der Waals surface area contributed by atoms with Crippen LogP contribution in [0.15, 0.2) is 0 Å². The minimum Gasteiger partial charge on any atom is -0.381 e. The highest BCUT2D eigenvalue weighted by molar-refractivity contribution is 5.77. The predicted octanol–water partition coefficient (Wildman–Crippen LogP) is 0.152. The summed E-state index contributed by atoms with van der Waals surface area (Å²) < 4.78 is 5.45. The van der Waals surface area contributed by atoms with Gasteiger partial charge in [0.2, 0.25) is 5.91 Å². The van der Waals surface area contributed by atoms with Gasteiger partial charge in [0.25, 0.3) is 0 Å². The van der Waals surface area contributed by atoms with Gasteiger partial charge in [-0.05, 0) is 38.8 Å². The number of carbonyl (C=O) groups is 1. The minimum atomic E-state index is 0.169. The summed E-state index contributed by atoms with van der Waals surface area (Å²) in [5, 5.41) is 0. The van der Waals surface area contributed by atoms with Crippen molar-refractivity contribution in [2.24, 2.45) is 11.7 Å². The summed E-state index contributed by atoms with van der Waals surface area (Å²) >= 11 is 0. The predicted molar refractivity (Wildman–Crippen MR) is 72.3 cm³/mol. The van der Waals surface area contributed by atoms with Crippen molar-refractivity contribution in [3.8, 4) is 0 Å². The van der Waals surface area contributed by atoms with E-state index in [-0.39, 0.29) is 5.91 Å². The average molecular weight is 257 g/mol. The minimum absolute atomic E-state index is 0.169. The molecule has 18 heavy (non-hydrogen) atoms. The quantitative estimate of drug-likeness (QED) is 0.705. The Morgan fingerprint density at radius 3 is 2.83 bits per heavy atom. The van der Waals surface area contributed by atoms with Crippen molar-refractivity contribution in [3.05, 3.63) is 0 Å². The third-order valence-electron chi connectivity index (χ3n) is 3.35. The zero-order chi connectivity index (χ0) is 13.4. The fourth-order valence-corrected chi connectivity index (χ4v) is 2.26. The molecule has 0 spiro atoms. The highest BCUT2D eigenvalue weighted by Crippen LogP contribution is 2.14. The lowest BCUT2D eigenvalue weighted by Gasteiger charge is -2.28. The van der Waals surface area contributed by atoms with E-state index >= 15 is 0 Å². The van der Waals surface area contributed by atoms with Crippen LogP contribution in [0.2, 0.25) is 0 Å². The Kier molecular flexibility index (Phi) is 7.23. The Hall–Kier alpha value is -0.650. The van der Waals surface area contributed by atoms with Gasteiger partial charge >= 0.3 is 0 Å². The van der Waals surface area contributed by atoms with Crippen LogP contribution in [0.3, 0.4) is 0 Å². The van der Waals surface area contributed by atoms with Crippen molar-refractivity contribution in [3.63, 3.8) is 0 Å². The second kappa shape index (κ2) is 8.45. The van der Waals surface area contributed by atoms with Gasteiger partial charge in [0, 0.05) is 26.7 Å². The number of amides is 1. The molecular weight excluding hydrogens is 230 g/mol. The molecule has 106 valence electrons. The molecule has 0 bridgehead atoms. The van der Waals surface area contributed by atoms with Crippen LogP contribution in [0.5, 0.6) is 0 Å². The van der Waals surface area contributed by atoms with Crippen molar-refractivity contribution in [2.75, 3.05) is 53.5 Å². The SMILES string of the molecule is CN(CC(=O)N(C)CCCN)CC1CCCOC1. The molecule has 5 heteroatoms. The van der Waals surface area contributed by atoms with E-state index in [9.17, 15) is 4.79 Å². The summed E-state index contributed by atoms with van der Waals surface area (Å²) in [6.07, 6.45) is 3.22. The molecule has 2 N–H and O–H groups in total. The highest BCUT2D eigenvalue weighted by Gasteiger charge is 2.18. The number of likely N-dealkylation sites (N-methyl/N-ethyl adjacent to an activating group) is 2. The molecule has 1 amide bonds. The van der Waals surface area contributed by atoms with E-state index in [0.717, 1.165) is 39.1 Å². The normalized spacial score (nSPS) is 20.1. The van der Waals surface area contributed by atoms with Crippen molar-refractivity contribution < 1.29 is 9.53 Å². The zero-order valence-electron chi connectivity index (χ0n) is 11.7. The molecule has 0 aromatic rings. The highest BCUT2D eigenvalue weighted by atomic mass is 16.5. The van der Waals surface area contributed by atoms with Crippen molar-refractivity contribution in [1.82, 2.24) is 9.80 Å². The first-order valence-corrected chi connectivity index (χ1v) is 6.83. The monoisotopic (exact) mass is 257 g/mol. The first-order chi connectivity index (χ1) is 8.63. The Morgan fingerprint density at radius 2 is 2.22 bits per heavy atom. The number of nitrogens with two attached hydrogens (primary N) is 1. The van der Waals surface area contributed by atoms with Gasteiger partial charge in [-0.3, -0.25) is 9.69 Å². The Labute approximate surface area is 110 Å². The van der Waals surface area contributed by atoms with Gasteiger partial charge in [0.15, 0.2) is 0 Å². The van der Waals surface area contributed by atoms with Crippen molar-refractivity contribution >= 4 is 5.91 Å². The summed E-state index contributed by atoms with van der Waals surface area (Å²) in [6, 6.07) is 0. The van der Waals surface area contributed by atoms with Crippen LogP contribution in [0, 0.1) is 5.92 Å². The molecule has 0 aliphatic carbocycles. The molecular formula is C13H27N3O2. The lowest BCUT2D eigenvalue weighted by Crippen LogP contribution is -2.40. The molecule has 1 heterocycles. The van der Waals surface area contributed by atoms with E-state index in [1.807, 2.05) is 14.1 Å². The Balaban J connectivity index is 2.21. The van der Waals surface area contributed by atoms with Crippen LogP contribution in [-0.4, -0.2) is 69.2 Å². The molecule has 1 unspecified atom stereocenters. The second-order valence-electron chi connectivity index (χ2n) is 5.24. The molecule has 0 aromatic carbocycles. The van der Waals surface area contributed by atoms with Crippen LogP contribution in [0.4, 0.5) is 0 Å². The van der Waals surface area contributed by atoms with E-state index in [1.54, 1.807) is 4.90 Å². The fourth-order valence-electron chi connectivity index (χ4n) is 2.26. The van der Waals surface area contributed by atoms with Gasteiger partial charge in [-0.15, -0.1) is 0 Å². The van der Waals surface area contributed by atoms with E-state index in [4.69, 9.17) is 10.5 Å². The lowest BCUT2D eigenvalue weighted by atomic mass is 10.0. The van der Waals surface area contributed by atoms with E-state index in [2.05, 4.69) is 4.90 Å². The molecule has 1 aliphatic heterocycles. The largest absolute Gasteiger partial charge is 0.381 e. The second-order valence-corrected chi connectivity index (χ2v) is 5.24. The number of carbonyl (C=O) groups excluding carboxylic acids is 1. The van der Waals surface area contributed by atoms with Crippen LogP contribution in [0.1, 0.15) is 19.3 Å². The van der Waals surface area contributed by atoms with Gasteiger partial charge in [-0.1, -0.05) is 0 Å². The van der Waals surface area contributed by atoms with E-state index < -0.39 is 0 Å². The molecule has 1 saturated heterocycles. The molecule has 1 fully saturated rings. The maximum atomic E-state index is 11.9. The first kappa shape index (κ1) is 15.4. The van der Waals surface area contributed by atoms with Crippen LogP contribution < -0.4 is 5.73 Å². The van der Waals surface area contributed by atoms with Gasteiger partial charge in [-0.25, -0.2) is 0 Å². The standard InChI is InChI=1S/C13H27N3O2/c1-15(9-12-5-3-8-18-11-12)10-13(17)16(2)7-4-6-14/h12H,3-11,14H2,1-2H3. The Bertz CT molecular complexity index is 242. The fraction of sp³-hybridized carbons (Fsp3) is 0.923. The van der Waals surface area contributed by atoms with E-state index in [0.29, 0.717) is 19.0 Å². The molecule has 0 saturated carbocycles. The molecule has 0 radical (unpaired) electrons. The van der Waals surface area contributed by atoms with Gasteiger partial charge < -0.3 is 15.4 Å². The van der Waals surface area contributed by atoms with Crippen LogP contribution in [0.25, 0.3) is 0 Å². The molecule has 5 nitrogen and oxygen atoms in total. The third-order valence-corrected chi connectivity index (χ3v) is 3.35. The van der Waals surface area contributed by atoms with Gasteiger partial charge in [-0.2, -0.15) is 0 Å². The average Bonchev–Trinajstić information content (AvgIpc) is 2.36. The topological polar surface area (TPSA) is 58.8 Å². The maximum Gasteiger partial charge on any atom is 0.236 e.